The molecule has 0 unspecified atom stereocenters. The molecular weight excluding hydrogens is 417 g/mol. The Bertz CT molecular complexity index is 1140. The Morgan fingerprint density at radius 2 is 2.00 bits per heavy atom. The lowest BCUT2D eigenvalue weighted by Crippen LogP contribution is -2.16. The highest BCUT2D eigenvalue weighted by Gasteiger charge is 2.35. The van der Waals surface area contributed by atoms with E-state index in [-0.39, 0.29) is 22.6 Å². The van der Waals surface area contributed by atoms with Gasteiger partial charge >= 0.3 is 5.76 Å². The number of benzene rings is 2. The van der Waals surface area contributed by atoms with Gasteiger partial charge in [-0.15, -0.1) is 0 Å². The maximum absolute atomic E-state index is 13.7. The molecule has 1 aliphatic carbocycles. The summed E-state index contributed by atoms with van der Waals surface area (Å²) in [4.78, 5) is 3.94. The van der Waals surface area contributed by atoms with E-state index in [9.17, 15) is 21.6 Å². The molecule has 30 heavy (non-hydrogen) atoms. The van der Waals surface area contributed by atoms with Crippen LogP contribution in [0.1, 0.15) is 42.9 Å². The van der Waals surface area contributed by atoms with Gasteiger partial charge in [0.1, 0.15) is 17.3 Å². The van der Waals surface area contributed by atoms with Crippen LogP contribution in [0.5, 0.6) is 11.5 Å². The minimum absolute atomic E-state index is 0.0505. The van der Waals surface area contributed by atoms with Gasteiger partial charge in [0.2, 0.25) is 9.84 Å². The van der Waals surface area contributed by atoms with E-state index in [4.69, 9.17) is 10.00 Å². The number of sulfone groups is 1. The van der Waals surface area contributed by atoms with Crippen molar-refractivity contribution in [3.8, 4) is 17.6 Å². The van der Waals surface area contributed by atoms with Crippen LogP contribution >= 0.6 is 0 Å². The van der Waals surface area contributed by atoms with E-state index in [1.54, 1.807) is 0 Å². The van der Waals surface area contributed by atoms with E-state index in [1.807, 2.05) is 13.0 Å². The summed E-state index contributed by atoms with van der Waals surface area (Å²) in [5.41, 5.74) is 1.07. The molecule has 0 saturated heterocycles. The molecule has 2 aromatic carbocycles. The Kier molecular flexibility index (Phi) is 6.46. The number of fused-ring (bicyclic) bond motifs is 1. The fraction of sp³-hybridized carbons (Fsp3) is 0.333. The van der Waals surface area contributed by atoms with Crippen molar-refractivity contribution in [3.63, 3.8) is 0 Å². The number of alkyl halides is 2. The van der Waals surface area contributed by atoms with Crippen LogP contribution < -0.4 is 4.74 Å². The van der Waals surface area contributed by atoms with Gasteiger partial charge in [0.15, 0.2) is 0 Å². The molecule has 0 atom stereocenters. The fourth-order valence-corrected chi connectivity index (χ4v) is 4.29. The molecule has 0 saturated carbocycles. The van der Waals surface area contributed by atoms with Crippen LogP contribution in [-0.4, -0.2) is 26.4 Å². The molecule has 5 nitrogen and oxygen atoms in total. The van der Waals surface area contributed by atoms with Gasteiger partial charge in [-0.2, -0.15) is 14.0 Å². The summed E-state index contributed by atoms with van der Waals surface area (Å²) in [5, 5.41) is 9.00. The van der Waals surface area contributed by atoms with E-state index in [0.717, 1.165) is 31.0 Å². The largest absolute Gasteiger partial charge is 0.457 e. The first-order valence-corrected chi connectivity index (χ1v) is 10.9. The second kappa shape index (κ2) is 8.88. The van der Waals surface area contributed by atoms with E-state index in [1.165, 1.54) is 12.1 Å². The maximum Gasteiger partial charge on any atom is 0.341 e. The predicted octanol–water partition coefficient (Wildman–Crippen LogP) is 5.02. The summed E-state index contributed by atoms with van der Waals surface area (Å²) in [5.74, 6) is -3.96. The molecule has 0 radical (unpaired) electrons. The van der Waals surface area contributed by atoms with E-state index in [0.29, 0.717) is 30.7 Å². The zero-order valence-electron chi connectivity index (χ0n) is 16.2. The highest BCUT2D eigenvalue weighted by molar-refractivity contribution is 7.91. The lowest BCUT2D eigenvalue weighted by molar-refractivity contribution is 0.234. The van der Waals surface area contributed by atoms with Crippen molar-refractivity contribution in [2.24, 2.45) is 4.99 Å². The van der Waals surface area contributed by atoms with Gasteiger partial charge in [-0.3, -0.25) is 4.99 Å². The summed E-state index contributed by atoms with van der Waals surface area (Å²) >= 11 is 0. The van der Waals surface area contributed by atoms with Crippen molar-refractivity contribution in [2.75, 3.05) is 6.54 Å². The third-order valence-electron chi connectivity index (χ3n) is 4.72. The van der Waals surface area contributed by atoms with Gasteiger partial charge in [0.25, 0.3) is 0 Å². The van der Waals surface area contributed by atoms with Crippen molar-refractivity contribution in [1.82, 2.24) is 0 Å². The van der Waals surface area contributed by atoms with Gasteiger partial charge in [-0.1, -0.05) is 13.3 Å². The average Bonchev–Trinajstić information content (AvgIpc) is 3.12. The van der Waals surface area contributed by atoms with Crippen LogP contribution in [0.15, 0.2) is 40.2 Å². The molecule has 0 N–H and O–H groups in total. The number of hydrogen-bond donors (Lipinski definition) is 0. The van der Waals surface area contributed by atoms with Crippen molar-refractivity contribution in [1.29, 1.82) is 5.26 Å². The third-order valence-corrected chi connectivity index (χ3v) is 6.14. The first-order valence-electron chi connectivity index (χ1n) is 9.38. The minimum atomic E-state index is -4.85. The lowest BCUT2D eigenvalue weighted by Gasteiger charge is -2.15. The quantitative estimate of drug-likeness (QED) is 0.571. The minimum Gasteiger partial charge on any atom is -0.457 e. The predicted molar refractivity (Wildman–Crippen MR) is 105 cm³/mol. The number of rotatable bonds is 7. The molecule has 1 aliphatic rings. The molecule has 0 aromatic heterocycles. The van der Waals surface area contributed by atoms with E-state index < -0.39 is 26.3 Å². The summed E-state index contributed by atoms with van der Waals surface area (Å²) in [6.07, 6.45) is 2.41. The number of aliphatic imine (C=N–C) groups is 1. The zero-order valence-corrected chi connectivity index (χ0v) is 17.0. The van der Waals surface area contributed by atoms with Crippen LogP contribution in [0.4, 0.5) is 13.2 Å². The molecule has 0 fully saturated rings. The first-order chi connectivity index (χ1) is 14.3. The van der Waals surface area contributed by atoms with Crippen molar-refractivity contribution >= 4 is 15.5 Å². The SMILES string of the molecule is CCCC/N=C1/CCc2c(Oc3cc(F)cc(C#N)c3)ccc(S(=O)(=O)C(F)F)c21. The Hall–Kier alpha value is -2.86. The topological polar surface area (TPSA) is 79.5 Å². The Morgan fingerprint density at radius 1 is 1.23 bits per heavy atom. The van der Waals surface area contributed by atoms with Crippen LogP contribution in [-0.2, 0) is 16.3 Å². The maximum atomic E-state index is 13.7. The lowest BCUT2D eigenvalue weighted by atomic mass is 10.1. The highest BCUT2D eigenvalue weighted by atomic mass is 32.2. The number of halogens is 3. The van der Waals surface area contributed by atoms with Crippen LogP contribution in [0.25, 0.3) is 0 Å². The zero-order chi connectivity index (χ0) is 21.9. The van der Waals surface area contributed by atoms with Crippen LogP contribution in [0, 0.1) is 17.1 Å². The van der Waals surface area contributed by atoms with Crippen LogP contribution in [0.2, 0.25) is 0 Å². The molecule has 158 valence electrons. The Labute approximate surface area is 172 Å². The molecule has 9 heteroatoms. The van der Waals surface area contributed by atoms with Gasteiger partial charge in [-0.25, -0.2) is 12.8 Å². The highest BCUT2D eigenvalue weighted by Crippen LogP contribution is 2.39. The summed E-state index contributed by atoms with van der Waals surface area (Å²) < 4.78 is 70.4. The first kappa shape index (κ1) is 21.8. The van der Waals surface area contributed by atoms with Crippen molar-refractivity contribution < 1.29 is 26.3 Å². The van der Waals surface area contributed by atoms with E-state index in [2.05, 4.69) is 4.99 Å². The average molecular weight is 436 g/mol. The van der Waals surface area contributed by atoms with E-state index >= 15 is 0 Å². The van der Waals surface area contributed by atoms with Crippen molar-refractivity contribution in [3.05, 3.63) is 52.8 Å². The molecule has 3 rings (SSSR count). The Balaban J connectivity index is 2.12. The second-order valence-electron chi connectivity index (χ2n) is 6.79. The number of nitriles is 1. The van der Waals surface area contributed by atoms with Crippen molar-refractivity contribution in [2.45, 2.75) is 43.3 Å². The molecule has 0 aliphatic heterocycles. The van der Waals surface area contributed by atoms with Gasteiger partial charge < -0.3 is 4.74 Å². The normalized spacial score (nSPS) is 14.7. The molecule has 0 heterocycles. The van der Waals surface area contributed by atoms with Gasteiger partial charge in [0, 0.05) is 29.4 Å². The smallest absolute Gasteiger partial charge is 0.341 e. The van der Waals surface area contributed by atoms with Crippen LogP contribution in [0.3, 0.4) is 0 Å². The Morgan fingerprint density at radius 3 is 2.67 bits per heavy atom. The third kappa shape index (κ3) is 4.33. The van der Waals surface area contributed by atoms with Gasteiger partial charge in [-0.05, 0) is 43.5 Å². The number of unbranched alkanes of at least 4 members (excludes halogenated alkanes) is 1. The summed E-state index contributed by atoms with van der Waals surface area (Å²) in [6.45, 7) is 2.44. The van der Waals surface area contributed by atoms with Gasteiger partial charge in [0.05, 0.1) is 16.5 Å². The molecule has 0 spiro atoms. The fourth-order valence-electron chi connectivity index (χ4n) is 3.31. The monoisotopic (exact) mass is 436 g/mol. The molecule has 2 aromatic rings. The second-order valence-corrected chi connectivity index (χ2v) is 8.68. The number of nitrogens with zero attached hydrogens (tertiary/aromatic N) is 2. The molecule has 0 amide bonds. The summed E-state index contributed by atoms with van der Waals surface area (Å²) in [7, 11) is -4.85. The molecule has 0 bridgehead atoms. The molecular formula is C21H19F3N2O3S. The number of hydrogen-bond acceptors (Lipinski definition) is 5. The standard InChI is InChI=1S/C21H19F3N2O3S/c1-2-3-8-26-17-5-4-16-18(29-15-10-13(12-25)9-14(22)11-15)6-7-19(20(16)17)30(27,28)21(23)24/h6-7,9-11,21H,2-5,8H2,1H3/b26-17-. The number of ether oxygens (including phenoxy) is 1. The summed E-state index contributed by atoms with van der Waals surface area (Å²) in [6, 6.07) is 7.64.